The van der Waals surface area contributed by atoms with Gasteiger partial charge in [0.1, 0.15) is 0 Å². The molecule has 0 aliphatic rings. The van der Waals surface area contributed by atoms with Gasteiger partial charge in [0.05, 0.1) is 66.9 Å². The molecule has 0 atom stereocenters. The Kier molecular flexibility index (Phi) is 16.1. The minimum atomic E-state index is 0.942. The molecule has 6 heterocycles. The standard InChI is InChI=1S/2C53H35N3/c1-4-15-36(16-5-1)48-30-29-43(53(54-48)37-17-6-2-7-18-37)40-19-14-22-42(33-40)56-50-26-13-11-24-45(50)47-35-39(28-32-52(47)56)38-27-31-51-46(34-38)44-23-10-12-25-49(44)55(51)41-20-8-3-9-21-41;1-4-15-36(16-5-1)43-29-30-48(54-53(43)37-17-6-2-7-18-37)40-19-14-22-42(33-40)56-50-26-13-11-24-45(50)47-35-39(28-32-52(47)56)38-27-31-51-46(34-38)44-23-10-12-25-49(44)55(51)41-20-8-3-9-21-41/h2*1-35H. The van der Waals surface area contributed by atoms with Gasteiger partial charge in [-0.25, -0.2) is 9.97 Å². The van der Waals surface area contributed by atoms with Crippen molar-refractivity contribution in [1.29, 1.82) is 0 Å². The molecule has 22 aromatic rings. The molecule has 6 heteroatoms. The van der Waals surface area contributed by atoms with E-state index in [4.69, 9.17) is 9.97 Å². The SMILES string of the molecule is c1ccc(-c2ccc(-c3cccc(-n4c5ccccc5c5cc(-c6ccc7c(c6)c6ccccc6n7-c6ccccc6)ccc54)c3)c(-c3ccccc3)n2)cc1.c1ccc(-c2ccc(-c3cccc(-n4c5ccccc5c5cc(-c6ccc7c(c6)c6ccccc6n7-c6ccccc6)ccc54)c3)nc2-c2ccccc2)cc1. The maximum atomic E-state index is 5.33. The fraction of sp³-hybridized carbons (Fsp3) is 0. The van der Waals surface area contributed by atoms with Crippen LogP contribution < -0.4 is 0 Å². The van der Waals surface area contributed by atoms with Gasteiger partial charge < -0.3 is 18.3 Å². The smallest absolute Gasteiger partial charge is 0.0787 e. The number of pyridine rings is 2. The molecule has 6 nitrogen and oxygen atoms in total. The molecule has 22 rings (SSSR count). The van der Waals surface area contributed by atoms with E-state index < -0.39 is 0 Å². The quantitative estimate of drug-likeness (QED) is 0.122. The molecule has 524 valence electrons. The molecule has 0 unspecified atom stereocenters. The molecule has 0 fully saturated rings. The summed E-state index contributed by atoms with van der Waals surface area (Å²) >= 11 is 0. The van der Waals surface area contributed by atoms with E-state index in [0.29, 0.717) is 0 Å². The van der Waals surface area contributed by atoms with Crippen LogP contribution in [0.2, 0.25) is 0 Å². The molecule has 0 amide bonds. The van der Waals surface area contributed by atoms with Gasteiger partial charge in [-0.2, -0.15) is 0 Å². The van der Waals surface area contributed by atoms with Gasteiger partial charge in [-0.15, -0.1) is 0 Å². The van der Waals surface area contributed by atoms with Crippen molar-refractivity contribution in [3.05, 3.63) is 425 Å². The minimum absolute atomic E-state index is 0.942. The number of nitrogens with zero attached hydrogens (tertiary/aromatic N) is 6. The largest absolute Gasteiger partial charge is 0.309 e. The average molecular weight is 1430 g/mol. The highest BCUT2D eigenvalue weighted by Gasteiger charge is 2.22. The van der Waals surface area contributed by atoms with Crippen LogP contribution in [0.5, 0.6) is 0 Å². The highest BCUT2D eigenvalue weighted by molar-refractivity contribution is 6.15. The van der Waals surface area contributed by atoms with Crippen molar-refractivity contribution in [1.82, 2.24) is 28.2 Å². The first-order chi connectivity index (χ1) is 55.6. The molecule has 0 radical (unpaired) electrons. The summed E-state index contributed by atoms with van der Waals surface area (Å²) in [6.07, 6.45) is 0. The second-order valence-corrected chi connectivity index (χ2v) is 28.8. The molecule has 16 aromatic carbocycles. The maximum Gasteiger partial charge on any atom is 0.0787 e. The zero-order valence-corrected chi connectivity index (χ0v) is 61.1. The van der Waals surface area contributed by atoms with Crippen LogP contribution in [0.4, 0.5) is 0 Å². The summed E-state index contributed by atoms with van der Waals surface area (Å²) in [6, 6.07) is 152. The number of rotatable bonds is 12. The Balaban J connectivity index is 0.000000141. The third kappa shape index (κ3) is 11.4. The zero-order valence-electron chi connectivity index (χ0n) is 61.1. The Bertz CT molecular complexity index is 7340. The molecule has 112 heavy (non-hydrogen) atoms. The predicted molar refractivity (Wildman–Crippen MR) is 469 cm³/mol. The van der Waals surface area contributed by atoms with Crippen molar-refractivity contribution < 1.29 is 0 Å². The molecular weight excluding hydrogens is 1360 g/mol. The van der Waals surface area contributed by atoms with Crippen molar-refractivity contribution in [2.45, 2.75) is 0 Å². The van der Waals surface area contributed by atoms with E-state index in [1.54, 1.807) is 0 Å². The number of fused-ring (bicyclic) bond motifs is 12. The van der Waals surface area contributed by atoms with Gasteiger partial charge >= 0.3 is 0 Å². The third-order valence-corrected chi connectivity index (χ3v) is 22.2. The Hall–Kier alpha value is -15.0. The monoisotopic (exact) mass is 1430 g/mol. The number of benzene rings is 16. The van der Waals surface area contributed by atoms with Crippen LogP contribution in [0.15, 0.2) is 425 Å². The maximum absolute atomic E-state index is 5.33. The normalized spacial score (nSPS) is 11.6. The van der Waals surface area contributed by atoms with Crippen LogP contribution in [0, 0.1) is 0 Å². The van der Waals surface area contributed by atoms with E-state index in [0.717, 1.165) is 78.7 Å². The molecule has 0 N–H and O–H groups in total. The van der Waals surface area contributed by atoms with Gasteiger partial charge in [0, 0.05) is 99.2 Å². The predicted octanol–water partition coefficient (Wildman–Crippen LogP) is 27.9. The highest BCUT2D eigenvalue weighted by atomic mass is 15.0. The molecule has 0 aliphatic heterocycles. The molecule has 0 aliphatic carbocycles. The summed E-state index contributed by atoms with van der Waals surface area (Å²) < 4.78 is 9.54. The van der Waals surface area contributed by atoms with Crippen molar-refractivity contribution >= 4 is 87.2 Å². The first kappa shape index (κ1) is 65.3. The summed E-state index contributed by atoms with van der Waals surface area (Å²) in [6.45, 7) is 0. The van der Waals surface area contributed by atoms with Crippen LogP contribution in [-0.2, 0) is 0 Å². The topological polar surface area (TPSA) is 45.5 Å². The zero-order chi connectivity index (χ0) is 74.0. The molecule has 0 spiro atoms. The lowest BCUT2D eigenvalue weighted by Gasteiger charge is -2.14. The molecule has 0 bridgehead atoms. The second-order valence-electron chi connectivity index (χ2n) is 28.8. The van der Waals surface area contributed by atoms with Gasteiger partial charge in [0.25, 0.3) is 0 Å². The van der Waals surface area contributed by atoms with Gasteiger partial charge in [-0.1, -0.05) is 291 Å². The van der Waals surface area contributed by atoms with Crippen molar-refractivity contribution in [3.63, 3.8) is 0 Å². The van der Waals surface area contributed by atoms with Crippen molar-refractivity contribution in [2.24, 2.45) is 0 Å². The first-order valence-electron chi connectivity index (χ1n) is 38.3. The van der Waals surface area contributed by atoms with Crippen LogP contribution >= 0.6 is 0 Å². The van der Waals surface area contributed by atoms with E-state index in [-0.39, 0.29) is 0 Å². The van der Waals surface area contributed by atoms with E-state index >= 15 is 0 Å². The Morgan fingerprint density at radius 2 is 0.402 bits per heavy atom. The van der Waals surface area contributed by atoms with E-state index in [2.05, 4.69) is 437 Å². The lowest BCUT2D eigenvalue weighted by molar-refractivity contribution is 1.18. The van der Waals surface area contributed by atoms with Gasteiger partial charge in [-0.3, -0.25) is 0 Å². The Labute approximate surface area is 648 Å². The molecule has 6 aromatic heterocycles. The average Bonchev–Trinajstić information content (AvgIpc) is 1.59. The summed E-state index contributed by atoms with van der Waals surface area (Å²) in [5.74, 6) is 0. The number of aromatic nitrogens is 6. The third-order valence-electron chi connectivity index (χ3n) is 22.2. The highest BCUT2D eigenvalue weighted by Crippen LogP contribution is 2.44. The van der Waals surface area contributed by atoms with E-state index in [1.807, 2.05) is 6.07 Å². The molecular formula is C106H70N6. The summed E-state index contributed by atoms with van der Waals surface area (Å²) in [5, 5.41) is 9.94. The van der Waals surface area contributed by atoms with Gasteiger partial charge in [-0.05, 0) is 167 Å². The van der Waals surface area contributed by atoms with Gasteiger partial charge in [0.2, 0.25) is 0 Å². The van der Waals surface area contributed by atoms with Crippen molar-refractivity contribution in [2.75, 3.05) is 0 Å². The Morgan fingerprint density at radius 1 is 0.143 bits per heavy atom. The summed E-state index contributed by atoms with van der Waals surface area (Å²) in [5.41, 5.74) is 31.6. The molecule has 0 saturated heterocycles. The fourth-order valence-electron chi connectivity index (χ4n) is 17.1. The van der Waals surface area contributed by atoms with Crippen LogP contribution in [0.25, 0.3) is 200 Å². The van der Waals surface area contributed by atoms with Crippen LogP contribution in [0.3, 0.4) is 0 Å². The summed E-state index contributed by atoms with van der Waals surface area (Å²) in [4.78, 5) is 10.6. The second kappa shape index (κ2) is 27.7. The van der Waals surface area contributed by atoms with Crippen LogP contribution in [0.1, 0.15) is 0 Å². The number of hydrogen-bond donors (Lipinski definition) is 0. The van der Waals surface area contributed by atoms with Crippen LogP contribution in [-0.4, -0.2) is 28.2 Å². The van der Waals surface area contributed by atoms with E-state index in [9.17, 15) is 0 Å². The Morgan fingerprint density at radius 3 is 0.777 bits per heavy atom. The number of para-hydroxylation sites is 6. The lowest BCUT2D eigenvalue weighted by atomic mass is 9.97. The first-order valence-corrected chi connectivity index (χ1v) is 38.3. The lowest BCUT2D eigenvalue weighted by Crippen LogP contribution is -1.96. The summed E-state index contributed by atoms with van der Waals surface area (Å²) in [7, 11) is 0. The van der Waals surface area contributed by atoms with Crippen molar-refractivity contribution in [3.8, 4) is 112 Å². The van der Waals surface area contributed by atoms with Gasteiger partial charge in [0.15, 0.2) is 0 Å². The fourth-order valence-corrected chi connectivity index (χ4v) is 17.1. The minimum Gasteiger partial charge on any atom is -0.309 e. The molecule has 0 saturated carbocycles. The number of hydrogen-bond acceptors (Lipinski definition) is 2. The van der Waals surface area contributed by atoms with E-state index in [1.165, 1.54) is 121 Å².